The van der Waals surface area contributed by atoms with Crippen molar-refractivity contribution in [3.05, 3.63) is 47.3 Å². The van der Waals surface area contributed by atoms with Gasteiger partial charge in [0.2, 0.25) is 10.0 Å². The third kappa shape index (κ3) is 3.35. The van der Waals surface area contributed by atoms with Crippen LogP contribution >= 0.6 is 0 Å². The third-order valence-corrected chi connectivity index (χ3v) is 3.42. The Kier molecular flexibility index (Phi) is 3.61. The summed E-state index contributed by atoms with van der Waals surface area (Å²) in [5.74, 6) is 0. The highest BCUT2D eigenvalue weighted by molar-refractivity contribution is 7.92. The molecule has 5 nitrogen and oxygen atoms in total. The van der Waals surface area contributed by atoms with E-state index in [0.717, 1.165) is 17.5 Å². The predicted molar refractivity (Wildman–Crippen MR) is 75.7 cm³/mol. The minimum Gasteiger partial charge on any atom is -0.280 e. The zero-order valence-electron chi connectivity index (χ0n) is 11.2. The molecule has 0 aliphatic rings. The summed E-state index contributed by atoms with van der Waals surface area (Å²) in [7, 11) is -3.29. The van der Waals surface area contributed by atoms with Crippen molar-refractivity contribution >= 4 is 15.7 Å². The number of rotatable bonds is 4. The Labute approximate surface area is 113 Å². The highest BCUT2D eigenvalue weighted by Crippen LogP contribution is 2.21. The fourth-order valence-electron chi connectivity index (χ4n) is 1.94. The Morgan fingerprint density at radius 3 is 2.42 bits per heavy atom. The van der Waals surface area contributed by atoms with Gasteiger partial charge in [-0.2, -0.15) is 5.10 Å². The molecule has 1 N–H and O–H groups in total. The van der Waals surface area contributed by atoms with Crippen molar-refractivity contribution in [1.82, 2.24) is 9.78 Å². The van der Waals surface area contributed by atoms with Crippen LogP contribution in [0.1, 0.15) is 17.0 Å². The summed E-state index contributed by atoms with van der Waals surface area (Å²) in [5, 5.41) is 4.38. The molecule has 1 aromatic carbocycles. The molecular weight excluding hydrogens is 262 g/mol. The number of aromatic nitrogens is 2. The van der Waals surface area contributed by atoms with Gasteiger partial charge >= 0.3 is 0 Å². The van der Waals surface area contributed by atoms with Crippen LogP contribution in [0.4, 0.5) is 5.69 Å². The molecule has 0 unspecified atom stereocenters. The lowest BCUT2D eigenvalue weighted by atomic mass is 10.2. The summed E-state index contributed by atoms with van der Waals surface area (Å²) < 4.78 is 27.0. The zero-order valence-corrected chi connectivity index (χ0v) is 12.0. The number of benzene rings is 1. The van der Waals surface area contributed by atoms with E-state index in [4.69, 9.17) is 0 Å². The maximum Gasteiger partial charge on any atom is 0.229 e. The Morgan fingerprint density at radius 1 is 1.21 bits per heavy atom. The van der Waals surface area contributed by atoms with Crippen LogP contribution in [0, 0.1) is 13.8 Å². The van der Waals surface area contributed by atoms with Crippen molar-refractivity contribution in [3.63, 3.8) is 0 Å². The van der Waals surface area contributed by atoms with Gasteiger partial charge < -0.3 is 0 Å². The lowest BCUT2D eigenvalue weighted by Gasteiger charge is -2.06. The lowest BCUT2D eigenvalue weighted by molar-refractivity contribution is 0.606. The molecule has 0 aliphatic heterocycles. The van der Waals surface area contributed by atoms with Crippen molar-refractivity contribution in [2.24, 2.45) is 0 Å². The quantitative estimate of drug-likeness (QED) is 0.930. The monoisotopic (exact) mass is 279 g/mol. The van der Waals surface area contributed by atoms with Gasteiger partial charge in [0.1, 0.15) is 0 Å². The van der Waals surface area contributed by atoms with E-state index in [1.807, 2.05) is 37.3 Å². The molecule has 0 saturated heterocycles. The average Bonchev–Trinajstić information content (AvgIpc) is 2.57. The Bertz CT molecular complexity index is 675. The summed E-state index contributed by atoms with van der Waals surface area (Å²) in [6.45, 7) is 4.28. The molecular formula is C13H17N3O2S. The molecule has 19 heavy (non-hydrogen) atoms. The largest absolute Gasteiger partial charge is 0.280 e. The van der Waals surface area contributed by atoms with Crippen LogP contribution in [0.5, 0.6) is 0 Å². The average molecular weight is 279 g/mol. The van der Waals surface area contributed by atoms with Crippen LogP contribution < -0.4 is 4.72 Å². The molecule has 2 rings (SSSR count). The fourth-order valence-corrected chi connectivity index (χ4v) is 2.61. The van der Waals surface area contributed by atoms with Gasteiger partial charge in [0.15, 0.2) is 0 Å². The number of hydrogen-bond donors (Lipinski definition) is 1. The molecule has 2 aromatic rings. The summed E-state index contributed by atoms with van der Waals surface area (Å²) in [5.41, 5.74) is 3.18. The molecule has 0 fully saturated rings. The first-order valence-corrected chi connectivity index (χ1v) is 7.81. The second kappa shape index (κ2) is 5.05. The molecule has 0 saturated carbocycles. The molecule has 0 bridgehead atoms. The van der Waals surface area contributed by atoms with Crippen molar-refractivity contribution in [2.75, 3.05) is 11.0 Å². The van der Waals surface area contributed by atoms with Crippen LogP contribution in [-0.4, -0.2) is 24.5 Å². The molecule has 1 heterocycles. The van der Waals surface area contributed by atoms with E-state index in [1.54, 1.807) is 11.6 Å². The number of hydrogen-bond acceptors (Lipinski definition) is 3. The Hall–Kier alpha value is -1.82. The van der Waals surface area contributed by atoms with E-state index in [9.17, 15) is 8.42 Å². The number of nitrogens with one attached hydrogen (secondary N) is 1. The van der Waals surface area contributed by atoms with Gasteiger partial charge in [-0.05, 0) is 19.4 Å². The summed E-state index contributed by atoms with van der Waals surface area (Å²) in [6.07, 6.45) is 1.14. The summed E-state index contributed by atoms with van der Waals surface area (Å²) >= 11 is 0. The van der Waals surface area contributed by atoms with Crippen LogP contribution in [0.25, 0.3) is 0 Å². The highest BCUT2D eigenvalue weighted by Gasteiger charge is 2.14. The van der Waals surface area contributed by atoms with E-state index in [-0.39, 0.29) is 0 Å². The van der Waals surface area contributed by atoms with Crippen molar-refractivity contribution in [2.45, 2.75) is 20.4 Å². The van der Waals surface area contributed by atoms with Gasteiger partial charge in [-0.25, -0.2) is 8.42 Å². The standard InChI is InChI=1S/C13H17N3O2S/c1-10-13(15-19(3,17)18)11(2)16(14-10)9-12-7-5-4-6-8-12/h4-8,15H,9H2,1-3H3. The van der Waals surface area contributed by atoms with Gasteiger partial charge in [-0.15, -0.1) is 0 Å². The molecule has 0 aliphatic carbocycles. The van der Waals surface area contributed by atoms with Crippen molar-refractivity contribution < 1.29 is 8.42 Å². The van der Waals surface area contributed by atoms with Gasteiger partial charge in [-0.1, -0.05) is 30.3 Å². The maximum atomic E-state index is 11.3. The van der Waals surface area contributed by atoms with Crippen LogP contribution in [0.15, 0.2) is 30.3 Å². The minimum atomic E-state index is -3.29. The van der Waals surface area contributed by atoms with Gasteiger partial charge in [0, 0.05) is 0 Å². The molecule has 102 valence electrons. The first kappa shape index (κ1) is 13.6. The van der Waals surface area contributed by atoms with Gasteiger partial charge in [-0.3, -0.25) is 9.40 Å². The van der Waals surface area contributed by atoms with E-state index in [0.29, 0.717) is 17.9 Å². The van der Waals surface area contributed by atoms with E-state index in [2.05, 4.69) is 9.82 Å². The normalized spacial score (nSPS) is 11.5. The van der Waals surface area contributed by atoms with E-state index >= 15 is 0 Å². The highest BCUT2D eigenvalue weighted by atomic mass is 32.2. The van der Waals surface area contributed by atoms with Crippen LogP contribution in [0.3, 0.4) is 0 Å². The molecule has 1 aromatic heterocycles. The smallest absolute Gasteiger partial charge is 0.229 e. The second-order valence-electron chi connectivity index (χ2n) is 4.56. The molecule has 0 atom stereocenters. The van der Waals surface area contributed by atoms with E-state index in [1.165, 1.54) is 0 Å². The van der Waals surface area contributed by atoms with E-state index < -0.39 is 10.0 Å². The summed E-state index contributed by atoms with van der Waals surface area (Å²) in [4.78, 5) is 0. The van der Waals surface area contributed by atoms with Crippen molar-refractivity contribution in [1.29, 1.82) is 0 Å². The number of anilines is 1. The molecule has 0 radical (unpaired) electrons. The topological polar surface area (TPSA) is 64.0 Å². The first-order chi connectivity index (χ1) is 8.87. The summed E-state index contributed by atoms with van der Waals surface area (Å²) in [6, 6.07) is 9.93. The zero-order chi connectivity index (χ0) is 14.0. The first-order valence-electron chi connectivity index (χ1n) is 5.92. The maximum absolute atomic E-state index is 11.3. The number of aryl methyl sites for hydroxylation is 1. The SMILES string of the molecule is Cc1nn(Cc2ccccc2)c(C)c1NS(C)(=O)=O. The molecule has 6 heteroatoms. The third-order valence-electron chi connectivity index (χ3n) is 2.84. The van der Waals surface area contributed by atoms with Crippen LogP contribution in [-0.2, 0) is 16.6 Å². The van der Waals surface area contributed by atoms with Gasteiger partial charge in [0.25, 0.3) is 0 Å². The van der Waals surface area contributed by atoms with Gasteiger partial charge in [0.05, 0.1) is 29.9 Å². The van der Waals surface area contributed by atoms with Crippen molar-refractivity contribution in [3.8, 4) is 0 Å². The molecule has 0 spiro atoms. The number of sulfonamides is 1. The predicted octanol–water partition coefficient (Wildman–Crippen LogP) is 1.92. The second-order valence-corrected chi connectivity index (χ2v) is 6.31. The Morgan fingerprint density at radius 2 is 1.84 bits per heavy atom. The fraction of sp³-hybridized carbons (Fsp3) is 0.308. The number of nitrogens with zero attached hydrogens (tertiary/aromatic N) is 2. The molecule has 0 amide bonds. The van der Waals surface area contributed by atoms with Crippen LogP contribution in [0.2, 0.25) is 0 Å². The minimum absolute atomic E-state index is 0.568. The lowest BCUT2D eigenvalue weighted by Crippen LogP contribution is -2.11. The Balaban J connectivity index is 2.31.